The highest BCUT2D eigenvalue weighted by Crippen LogP contribution is 2.26. The summed E-state index contributed by atoms with van der Waals surface area (Å²) in [5.74, 6) is -0.139. The van der Waals surface area contributed by atoms with Gasteiger partial charge in [0.1, 0.15) is 0 Å². The van der Waals surface area contributed by atoms with Gasteiger partial charge in [0.25, 0.3) is 0 Å². The Morgan fingerprint density at radius 1 is 1.12 bits per heavy atom. The minimum absolute atomic E-state index is 0.139. The van der Waals surface area contributed by atoms with E-state index in [2.05, 4.69) is 31.5 Å². The molecule has 2 aromatic carbocycles. The minimum atomic E-state index is -0.650. The molecule has 5 N–H and O–H groups in total. The van der Waals surface area contributed by atoms with Gasteiger partial charge in [-0.1, -0.05) is 22.0 Å². The molecular weight excluding hydrogens is 384 g/mol. The number of carbonyl (C=O) groups excluding carboxylic acids is 2. The Balaban J connectivity index is 1.78. The van der Waals surface area contributed by atoms with Gasteiger partial charge in [-0.05, 0) is 48.9 Å². The van der Waals surface area contributed by atoms with Gasteiger partial charge in [0, 0.05) is 32.4 Å². The molecule has 25 heavy (non-hydrogen) atoms. The lowest BCUT2D eigenvalue weighted by molar-refractivity contribution is -0.115. The van der Waals surface area contributed by atoms with E-state index in [1.54, 1.807) is 24.3 Å². The number of hydrogen-bond donors (Lipinski definition) is 4. The fourth-order valence-corrected chi connectivity index (χ4v) is 3.13. The maximum absolute atomic E-state index is 12.4. The third-order valence-electron chi connectivity index (χ3n) is 3.83. The highest BCUT2D eigenvalue weighted by Gasteiger charge is 2.13. The number of aryl methyl sites for hydroxylation is 1. The van der Waals surface area contributed by atoms with Crippen LogP contribution in [-0.2, 0) is 11.2 Å². The van der Waals surface area contributed by atoms with Gasteiger partial charge in [-0.2, -0.15) is 0 Å². The zero-order chi connectivity index (χ0) is 18.0. The van der Waals surface area contributed by atoms with Crippen molar-refractivity contribution in [2.45, 2.75) is 13.3 Å². The number of carbonyl (C=O) groups is 2. The van der Waals surface area contributed by atoms with Crippen LogP contribution >= 0.6 is 15.9 Å². The van der Waals surface area contributed by atoms with Crippen molar-refractivity contribution in [3.05, 3.63) is 58.2 Å². The van der Waals surface area contributed by atoms with E-state index >= 15 is 0 Å². The van der Waals surface area contributed by atoms with Gasteiger partial charge in [-0.25, -0.2) is 4.79 Å². The molecule has 0 fully saturated rings. The van der Waals surface area contributed by atoms with Crippen LogP contribution in [0.25, 0.3) is 10.9 Å². The van der Waals surface area contributed by atoms with Crippen molar-refractivity contribution in [3.8, 4) is 0 Å². The normalized spacial score (nSPS) is 10.6. The van der Waals surface area contributed by atoms with E-state index in [-0.39, 0.29) is 12.3 Å². The highest BCUT2D eigenvalue weighted by atomic mass is 79.9. The first-order valence-electron chi connectivity index (χ1n) is 7.65. The molecule has 6 nitrogen and oxygen atoms in total. The summed E-state index contributed by atoms with van der Waals surface area (Å²) in [4.78, 5) is 26.7. The summed E-state index contributed by atoms with van der Waals surface area (Å²) in [6, 6.07) is 12.1. The van der Waals surface area contributed by atoms with Gasteiger partial charge in [0.2, 0.25) is 5.91 Å². The number of aromatic amines is 1. The number of aromatic nitrogens is 1. The lowest BCUT2D eigenvalue weighted by atomic mass is 10.1. The number of rotatable bonds is 4. The molecule has 0 saturated heterocycles. The lowest BCUT2D eigenvalue weighted by Gasteiger charge is -2.08. The zero-order valence-electron chi connectivity index (χ0n) is 13.5. The minimum Gasteiger partial charge on any atom is -0.358 e. The van der Waals surface area contributed by atoms with Crippen LogP contribution in [0.3, 0.4) is 0 Å². The Bertz CT molecular complexity index is 965. The Labute approximate surface area is 152 Å². The number of anilines is 2. The van der Waals surface area contributed by atoms with Gasteiger partial charge in [-0.15, -0.1) is 0 Å². The third kappa shape index (κ3) is 4.00. The van der Waals surface area contributed by atoms with Gasteiger partial charge in [0.15, 0.2) is 0 Å². The molecule has 0 saturated carbocycles. The second kappa shape index (κ2) is 6.98. The molecule has 1 heterocycles. The lowest BCUT2D eigenvalue weighted by Crippen LogP contribution is -2.19. The van der Waals surface area contributed by atoms with E-state index in [9.17, 15) is 9.59 Å². The van der Waals surface area contributed by atoms with Crippen LogP contribution in [0, 0.1) is 6.92 Å². The van der Waals surface area contributed by atoms with Crippen LogP contribution in [-0.4, -0.2) is 16.9 Å². The number of urea groups is 1. The Morgan fingerprint density at radius 3 is 2.56 bits per heavy atom. The summed E-state index contributed by atoms with van der Waals surface area (Å²) in [5, 5.41) is 6.34. The number of amides is 3. The van der Waals surface area contributed by atoms with Crippen LogP contribution < -0.4 is 16.4 Å². The van der Waals surface area contributed by atoms with Gasteiger partial charge in [-0.3, -0.25) is 4.79 Å². The van der Waals surface area contributed by atoms with Crippen LogP contribution in [0.15, 0.2) is 46.9 Å². The Kier molecular flexibility index (Phi) is 4.76. The molecule has 7 heteroatoms. The predicted octanol–water partition coefficient (Wildman–Crippen LogP) is 3.91. The van der Waals surface area contributed by atoms with Crippen LogP contribution in [0.4, 0.5) is 16.2 Å². The van der Waals surface area contributed by atoms with Crippen LogP contribution in [0.1, 0.15) is 11.3 Å². The van der Waals surface area contributed by atoms with E-state index in [0.29, 0.717) is 11.4 Å². The molecule has 0 aliphatic carbocycles. The molecule has 1 aromatic heterocycles. The van der Waals surface area contributed by atoms with E-state index < -0.39 is 6.03 Å². The molecule has 0 spiro atoms. The molecule has 0 unspecified atom stereocenters. The molecule has 3 amide bonds. The van der Waals surface area contributed by atoms with Crippen LogP contribution in [0.2, 0.25) is 0 Å². The van der Waals surface area contributed by atoms with Crippen molar-refractivity contribution in [2.24, 2.45) is 5.73 Å². The SMILES string of the molecule is Cc1[nH]c2ccc(Br)cc2c1CC(=O)Nc1cccc(NC(N)=O)c1. The van der Waals surface area contributed by atoms with Crippen molar-refractivity contribution < 1.29 is 9.59 Å². The van der Waals surface area contributed by atoms with Crippen molar-refractivity contribution in [3.63, 3.8) is 0 Å². The first-order chi connectivity index (χ1) is 11.9. The van der Waals surface area contributed by atoms with Crippen molar-refractivity contribution >= 4 is 50.1 Å². The van der Waals surface area contributed by atoms with Crippen LogP contribution in [0.5, 0.6) is 0 Å². The monoisotopic (exact) mass is 400 g/mol. The number of H-pyrrole nitrogens is 1. The van der Waals surface area contributed by atoms with E-state index in [1.165, 1.54) is 0 Å². The molecule has 0 aliphatic heterocycles. The summed E-state index contributed by atoms with van der Waals surface area (Å²) < 4.78 is 0.964. The standard InChI is InChI=1S/C18H17BrN4O2/c1-10-14(15-7-11(19)5-6-16(15)21-10)9-17(24)22-12-3-2-4-13(8-12)23-18(20)25/h2-8,21H,9H2,1H3,(H,22,24)(H3,20,23,25). The molecular formula is C18H17BrN4O2. The van der Waals surface area contributed by atoms with E-state index in [4.69, 9.17) is 5.73 Å². The third-order valence-corrected chi connectivity index (χ3v) is 4.33. The molecule has 0 bridgehead atoms. The summed E-state index contributed by atoms with van der Waals surface area (Å²) in [6.45, 7) is 1.95. The molecule has 128 valence electrons. The van der Waals surface area contributed by atoms with Crippen molar-refractivity contribution in [2.75, 3.05) is 10.6 Å². The topological polar surface area (TPSA) is 100 Å². The van der Waals surface area contributed by atoms with Gasteiger partial charge in [0.05, 0.1) is 6.42 Å². The summed E-state index contributed by atoms with van der Waals surface area (Å²) in [5.41, 5.74) is 9.14. The number of primary amides is 1. The Hall–Kier alpha value is -2.80. The quantitative estimate of drug-likeness (QED) is 0.533. The molecule has 0 atom stereocenters. The van der Waals surface area contributed by atoms with Gasteiger partial charge < -0.3 is 21.4 Å². The van der Waals surface area contributed by atoms with E-state index in [1.807, 2.05) is 25.1 Å². The second-order valence-electron chi connectivity index (χ2n) is 5.71. The largest absolute Gasteiger partial charge is 0.358 e. The predicted molar refractivity (Wildman–Crippen MR) is 103 cm³/mol. The van der Waals surface area contributed by atoms with Gasteiger partial charge >= 0.3 is 6.03 Å². The molecule has 3 aromatic rings. The number of fused-ring (bicyclic) bond motifs is 1. The summed E-state index contributed by atoms with van der Waals surface area (Å²) in [6.07, 6.45) is 0.246. The molecule has 0 aliphatic rings. The average molecular weight is 401 g/mol. The first-order valence-corrected chi connectivity index (χ1v) is 8.45. The van der Waals surface area contributed by atoms with E-state index in [0.717, 1.165) is 26.6 Å². The number of nitrogens with two attached hydrogens (primary N) is 1. The first kappa shape index (κ1) is 17.0. The number of hydrogen-bond acceptors (Lipinski definition) is 2. The molecule has 0 radical (unpaired) electrons. The number of halogens is 1. The van der Waals surface area contributed by atoms with Crippen molar-refractivity contribution in [1.29, 1.82) is 0 Å². The second-order valence-corrected chi connectivity index (χ2v) is 6.63. The maximum atomic E-state index is 12.4. The zero-order valence-corrected chi connectivity index (χ0v) is 15.1. The summed E-state index contributed by atoms with van der Waals surface area (Å²) >= 11 is 3.46. The fourth-order valence-electron chi connectivity index (χ4n) is 2.77. The number of benzene rings is 2. The van der Waals surface area contributed by atoms with Crippen molar-refractivity contribution in [1.82, 2.24) is 4.98 Å². The highest BCUT2D eigenvalue weighted by molar-refractivity contribution is 9.10. The average Bonchev–Trinajstić information content (AvgIpc) is 2.82. The fraction of sp³-hybridized carbons (Fsp3) is 0.111. The number of nitrogens with one attached hydrogen (secondary N) is 3. The maximum Gasteiger partial charge on any atom is 0.316 e. The smallest absolute Gasteiger partial charge is 0.316 e. The Morgan fingerprint density at radius 2 is 1.84 bits per heavy atom. The molecule has 3 rings (SSSR count). The summed E-state index contributed by atoms with van der Waals surface area (Å²) in [7, 11) is 0.